The Morgan fingerprint density at radius 2 is 1.85 bits per heavy atom. The zero-order valence-corrected chi connectivity index (χ0v) is 19.7. The number of hydrogen-bond donors (Lipinski definition) is 0. The minimum atomic E-state index is -0.420. The van der Waals surface area contributed by atoms with Gasteiger partial charge in [0.25, 0.3) is 0 Å². The number of piperidine rings is 1. The fourth-order valence-electron chi connectivity index (χ4n) is 5.31. The fourth-order valence-corrected chi connectivity index (χ4v) is 5.89. The van der Waals surface area contributed by atoms with Gasteiger partial charge in [-0.15, -0.1) is 0 Å². The topological polar surface area (TPSA) is 79.4 Å². The van der Waals surface area contributed by atoms with E-state index in [9.17, 15) is 4.79 Å². The summed E-state index contributed by atoms with van der Waals surface area (Å²) in [6.45, 7) is 0.816. The molecule has 8 heteroatoms. The lowest BCUT2D eigenvalue weighted by molar-refractivity contribution is 0.0191. The highest BCUT2D eigenvalue weighted by Crippen LogP contribution is 2.47. The van der Waals surface area contributed by atoms with Gasteiger partial charge < -0.3 is 14.2 Å². The Morgan fingerprint density at radius 3 is 2.47 bits per heavy atom. The summed E-state index contributed by atoms with van der Waals surface area (Å²) in [7, 11) is 0. The summed E-state index contributed by atoms with van der Waals surface area (Å²) in [5.41, 5.74) is 2.94. The van der Waals surface area contributed by atoms with E-state index in [4.69, 9.17) is 37.7 Å². The van der Waals surface area contributed by atoms with Gasteiger partial charge in [0, 0.05) is 42.1 Å². The summed E-state index contributed by atoms with van der Waals surface area (Å²) in [6, 6.07) is 15.3. The van der Waals surface area contributed by atoms with Gasteiger partial charge in [-0.2, -0.15) is 5.26 Å². The van der Waals surface area contributed by atoms with Gasteiger partial charge in [-0.1, -0.05) is 34.4 Å². The lowest BCUT2D eigenvalue weighted by atomic mass is 10.0. The second-order valence-corrected chi connectivity index (χ2v) is 10.1. The molecular formula is C26H21Cl2N3O3. The molecule has 2 heterocycles. The molecule has 0 amide bonds. The third-order valence-electron chi connectivity index (χ3n) is 7.13. The van der Waals surface area contributed by atoms with E-state index in [-0.39, 0.29) is 17.9 Å². The minimum Gasteiger partial charge on any atom is -0.458 e. The molecule has 1 saturated heterocycles. The number of esters is 1. The van der Waals surface area contributed by atoms with E-state index in [1.54, 1.807) is 18.2 Å². The SMILES string of the molecule is N#Cc1ccc(N2C[C@@H]3C[C@H]2C[C@H]3OC(=O)c2c(-c3c(Cl)cccc3Cl)noc2C2CC2)cc1. The standard InChI is InChI=1S/C26H21Cl2N3O3/c27-19-2-1-3-20(28)22(19)24-23(25(34-30-24)15-6-7-15)26(32)33-21-11-18-10-16(21)13-31(18)17-8-4-14(12-29)5-9-17/h1-5,8-9,15-16,18,21H,6-7,10-11,13H2/t16-,18-,21+/m0/s1. The number of fused-ring (bicyclic) bond motifs is 2. The molecule has 2 saturated carbocycles. The highest BCUT2D eigenvalue weighted by molar-refractivity contribution is 6.39. The first-order valence-electron chi connectivity index (χ1n) is 11.4. The molecule has 2 aromatic carbocycles. The van der Waals surface area contributed by atoms with Crippen LogP contribution in [0.2, 0.25) is 10.0 Å². The van der Waals surface area contributed by atoms with Crippen molar-refractivity contribution in [1.82, 2.24) is 5.16 Å². The van der Waals surface area contributed by atoms with Crippen molar-refractivity contribution in [3.8, 4) is 17.3 Å². The second-order valence-electron chi connectivity index (χ2n) is 9.28. The van der Waals surface area contributed by atoms with E-state index in [1.807, 2.05) is 24.3 Å². The highest BCUT2D eigenvalue weighted by Gasteiger charge is 2.47. The van der Waals surface area contributed by atoms with E-state index in [0.717, 1.165) is 37.9 Å². The fraction of sp³-hybridized carbons (Fsp3) is 0.346. The Morgan fingerprint density at radius 1 is 1.12 bits per heavy atom. The first-order chi connectivity index (χ1) is 16.5. The number of hydrogen-bond acceptors (Lipinski definition) is 6. The Hall–Kier alpha value is -3.01. The summed E-state index contributed by atoms with van der Waals surface area (Å²) in [5, 5.41) is 14.1. The van der Waals surface area contributed by atoms with Gasteiger partial charge in [0.15, 0.2) is 5.76 Å². The molecule has 3 aromatic rings. The van der Waals surface area contributed by atoms with Crippen molar-refractivity contribution in [3.63, 3.8) is 0 Å². The van der Waals surface area contributed by atoms with E-state index in [2.05, 4.69) is 16.1 Å². The Bertz CT molecular complexity index is 1290. The smallest absolute Gasteiger partial charge is 0.344 e. The lowest BCUT2D eigenvalue weighted by Crippen LogP contribution is -2.39. The van der Waals surface area contributed by atoms with Crippen LogP contribution >= 0.6 is 23.2 Å². The third-order valence-corrected chi connectivity index (χ3v) is 7.76. The number of carbonyl (C=O) groups excluding carboxylic acids is 1. The van der Waals surface area contributed by atoms with E-state index >= 15 is 0 Å². The Labute approximate surface area is 207 Å². The molecule has 2 bridgehead atoms. The number of benzene rings is 2. The molecule has 3 fully saturated rings. The Kier molecular flexibility index (Phi) is 5.28. The van der Waals surface area contributed by atoms with Gasteiger partial charge in [0.2, 0.25) is 0 Å². The normalized spacial score (nSPS) is 23.2. The van der Waals surface area contributed by atoms with Crippen LogP contribution in [-0.4, -0.2) is 29.8 Å². The average molecular weight is 494 g/mol. The number of nitrogens with zero attached hydrogens (tertiary/aromatic N) is 3. The molecule has 172 valence electrons. The van der Waals surface area contributed by atoms with Crippen LogP contribution in [0.15, 0.2) is 47.0 Å². The van der Waals surface area contributed by atoms with Crippen LogP contribution in [0.3, 0.4) is 0 Å². The molecule has 6 rings (SSSR count). The molecule has 6 nitrogen and oxygen atoms in total. The molecule has 1 aromatic heterocycles. The van der Waals surface area contributed by atoms with Gasteiger partial charge in [-0.25, -0.2) is 4.79 Å². The summed E-state index contributed by atoms with van der Waals surface area (Å²) in [5.74, 6) is 0.577. The second kappa shape index (κ2) is 8.33. The average Bonchev–Trinajstić information content (AvgIpc) is 3.28. The zero-order valence-electron chi connectivity index (χ0n) is 18.2. The number of carbonyl (C=O) groups is 1. The number of aromatic nitrogens is 1. The van der Waals surface area contributed by atoms with E-state index in [1.165, 1.54) is 0 Å². The summed E-state index contributed by atoms with van der Waals surface area (Å²) >= 11 is 12.8. The molecule has 0 radical (unpaired) electrons. The number of ether oxygens (including phenoxy) is 1. The maximum absolute atomic E-state index is 13.5. The van der Waals surface area contributed by atoms with Crippen LogP contribution in [0.5, 0.6) is 0 Å². The van der Waals surface area contributed by atoms with Crippen LogP contribution in [-0.2, 0) is 4.74 Å². The van der Waals surface area contributed by atoms with Crippen molar-refractivity contribution >= 4 is 34.9 Å². The number of halogens is 2. The Balaban J connectivity index is 1.23. The van der Waals surface area contributed by atoms with Crippen molar-refractivity contribution in [2.24, 2.45) is 5.92 Å². The highest BCUT2D eigenvalue weighted by atomic mass is 35.5. The van der Waals surface area contributed by atoms with Gasteiger partial charge in [-0.05, 0) is 55.7 Å². The summed E-state index contributed by atoms with van der Waals surface area (Å²) < 4.78 is 11.7. The van der Waals surface area contributed by atoms with Crippen molar-refractivity contribution < 1.29 is 14.1 Å². The van der Waals surface area contributed by atoms with Gasteiger partial charge in [0.1, 0.15) is 17.4 Å². The van der Waals surface area contributed by atoms with E-state index < -0.39 is 5.97 Å². The van der Waals surface area contributed by atoms with Gasteiger partial charge >= 0.3 is 5.97 Å². The maximum atomic E-state index is 13.5. The molecule has 0 spiro atoms. The quantitative estimate of drug-likeness (QED) is 0.392. The number of nitriles is 1. The molecule has 3 atom stereocenters. The number of rotatable bonds is 5. The van der Waals surface area contributed by atoms with Crippen molar-refractivity contribution in [2.45, 2.75) is 43.7 Å². The molecule has 0 N–H and O–H groups in total. The zero-order chi connectivity index (χ0) is 23.4. The molecular weight excluding hydrogens is 473 g/mol. The first kappa shape index (κ1) is 21.5. The number of anilines is 1. The van der Waals surface area contributed by atoms with Crippen LogP contribution < -0.4 is 4.90 Å². The summed E-state index contributed by atoms with van der Waals surface area (Å²) in [4.78, 5) is 15.8. The van der Waals surface area contributed by atoms with Gasteiger partial charge in [-0.3, -0.25) is 0 Å². The molecule has 1 aliphatic heterocycles. The predicted octanol–water partition coefficient (Wildman–Crippen LogP) is 6.22. The van der Waals surface area contributed by atoms with Gasteiger partial charge in [0.05, 0.1) is 21.7 Å². The first-order valence-corrected chi connectivity index (χ1v) is 12.2. The lowest BCUT2D eigenvalue weighted by Gasteiger charge is -2.33. The van der Waals surface area contributed by atoms with Crippen molar-refractivity contribution in [1.29, 1.82) is 5.26 Å². The monoisotopic (exact) mass is 493 g/mol. The predicted molar refractivity (Wildman–Crippen MR) is 128 cm³/mol. The van der Waals surface area contributed by atoms with Crippen LogP contribution in [0.1, 0.15) is 53.3 Å². The van der Waals surface area contributed by atoms with Crippen LogP contribution in [0, 0.1) is 17.2 Å². The van der Waals surface area contributed by atoms with Crippen LogP contribution in [0.4, 0.5) is 5.69 Å². The summed E-state index contributed by atoms with van der Waals surface area (Å²) in [6.07, 6.45) is 3.49. The van der Waals surface area contributed by atoms with Crippen molar-refractivity contribution in [3.05, 3.63) is 69.4 Å². The van der Waals surface area contributed by atoms with E-state index in [0.29, 0.717) is 44.2 Å². The molecule has 0 unspecified atom stereocenters. The molecule has 3 aliphatic rings. The molecule has 2 aliphatic carbocycles. The minimum absolute atomic E-state index is 0.163. The van der Waals surface area contributed by atoms with Crippen LogP contribution in [0.25, 0.3) is 11.3 Å². The third kappa shape index (κ3) is 3.64. The van der Waals surface area contributed by atoms with Crippen molar-refractivity contribution in [2.75, 3.05) is 11.4 Å². The maximum Gasteiger partial charge on any atom is 0.344 e. The largest absolute Gasteiger partial charge is 0.458 e. The molecule has 34 heavy (non-hydrogen) atoms.